The summed E-state index contributed by atoms with van der Waals surface area (Å²) in [5.41, 5.74) is 1.60. The average molecular weight is 392 g/mol. The average Bonchev–Trinajstić information content (AvgIpc) is 2.57. The number of halogens is 1. The van der Waals surface area contributed by atoms with Gasteiger partial charge in [0.25, 0.3) is 0 Å². The summed E-state index contributed by atoms with van der Waals surface area (Å²) in [5.74, 6) is -0.984. The van der Waals surface area contributed by atoms with Gasteiger partial charge in [-0.2, -0.15) is 0 Å². The molecule has 2 rings (SSSR count). The molecule has 2 aromatic rings. The molecule has 0 spiro atoms. The van der Waals surface area contributed by atoms with E-state index >= 15 is 0 Å². The summed E-state index contributed by atoms with van der Waals surface area (Å²) in [6.45, 7) is 0.141. The smallest absolute Gasteiger partial charge is 0.410 e. The lowest BCUT2D eigenvalue weighted by molar-refractivity contribution is -0.138. The van der Waals surface area contributed by atoms with Crippen LogP contribution in [0.2, 0.25) is 0 Å². The highest BCUT2D eigenvalue weighted by molar-refractivity contribution is 9.10. The number of hydrogen-bond donors (Lipinski definition) is 1. The van der Waals surface area contributed by atoms with E-state index in [4.69, 9.17) is 9.84 Å². The lowest BCUT2D eigenvalue weighted by Gasteiger charge is -2.27. The summed E-state index contributed by atoms with van der Waals surface area (Å²) in [5, 5.41) is 9.16. The van der Waals surface area contributed by atoms with Crippen LogP contribution in [0.5, 0.6) is 0 Å². The maximum absolute atomic E-state index is 12.3. The Balaban J connectivity index is 2.10. The van der Waals surface area contributed by atoms with Crippen molar-refractivity contribution < 1.29 is 19.4 Å². The van der Waals surface area contributed by atoms with E-state index in [1.807, 2.05) is 36.4 Å². The second kappa shape index (κ2) is 8.49. The molecule has 1 amide bonds. The number of nitrogens with zero attached hydrogens (tertiary/aromatic N) is 1. The van der Waals surface area contributed by atoms with E-state index in [-0.39, 0.29) is 13.0 Å². The van der Waals surface area contributed by atoms with Gasteiger partial charge in [-0.25, -0.2) is 4.79 Å². The van der Waals surface area contributed by atoms with Crippen molar-refractivity contribution in [3.05, 3.63) is 70.2 Å². The van der Waals surface area contributed by atoms with Crippen molar-refractivity contribution in [1.82, 2.24) is 4.90 Å². The van der Waals surface area contributed by atoms with Crippen molar-refractivity contribution in [3.8, 4) is 0 Å². The number of rotatable bonds is 6. The Bertz CT molecular complexity index is 705. The van der Waals surface area contributed by atoms with Crippen molar-refractivity contribution in [3.63, 3.8) is 0 Å². The van der Waals surface area contributed by atoms with Crippen molar-refractivity contribution >= 4 is 28.0 Å². The second-order valence-corrected chi connectivity index (χ2v) is 6.24. The predicted molar refractivity (Wildman–Crippen MR) is 93.5 cm³/mol. The molecular formula is C18H18BrNO4. The molecule has 6 heteroatoms. The number of benzene rings is 2. The Morgan fingerprint density at radius 2 is 1.88 bits per heavy atom. The van der Waals surface area contributed by atoms with Gasteiger partial charge in [0, 0.05) is 11.5 Å². The Hall–Kier alpha value is -2.34. The van der Waals surface area contributed by atoms with Crippen molar-refractivity contribution in [2.45, 2.75) is 19.1 Å². The minimum absolute atomic E-state index is 0.141. The molecule has 0 radical (unpaired) electrons. The lowest BCUT2D eigenvalue weighted by Crippen LogP contribution is -2.33. The molecule has 1 N–H and O–H groups in total. The molecule has 0 bridgehead atoms. The van der Waals surface area contributed by atoms with Gasteiger partial charge >= 0.3 is 12.1 Å². The van der Waals surface area contributed by atoms with E-state index in [9.17, 15) is 9.59 Å². The molecule has 0 aliphatic heterocycles. The van der Waals surface area contributed by atoms with Gasteiger partial charge in [-0.15, -0.1) is 0 Å². The Morgan fingerprint density at radius 3 is 2.50 bits per heavy atom. The molecule has 0 heterocycles. The first kappa shape index (κ1) is 18.0. The quantitative estimate of drug-likeness (QED) is 0.799. The van der Waals surface area contributed by atoms with Crippen molar-refractivity contribution in [1.29, 1.82) is 0 Å². The van der Waals surface area contributed by atoms with Gasteiger partial charge in [0.2, 0.25) is 0 Å². The molecular weight excluding hydrogens is 374 g/mol. The van der Waals surface area contributed by atoms with Crippen LogP contribution in [0.4, 0.5) is 4.79 Å². The third-order valence-corrected chi connectivity index (χ3v) is 4.06. The molecule has 1 unspecified atom stereocenters. The van der Waals surface area contributed by atoms with Gasteiger partial charge < -0.3 is 14.7 Å². The minimum atomic E-state index is -0.984. The Labute approximate surface area is 149 Å². The molecule has 126 valence electrons. The number of hydrogen-bond acceptors (Lipinski definition) is 3. The Morgan fingerprint density at radius 1 is 1.17 bits per heavy atom. The first-order valence-corrected chi connectivity index (χ1v) is 8.17. The molecule has 0 aromatic heterocycles. The monoisotopic (exact) mass is 391 g/mol. The van der Waals surface area contributed by atoms with Crippen LogP contribution in [0.25, 0.3) is 0 Å². The van der Waals surface area contributed by atoms with E-state index < -0.39 is 18.1 Å². The number of carboxylic acids is 1. The molecule has 1 atom stereocenters. The zero-order chi connectivity index (χ0) is 17.5. The normalized spacial score (nSPS) is 11.6. The number of aliphatic carboxylic acids is 1. The van der Waals surface area contributed by atoms with Crippen molar-refractivity contribution in [2.75, 3.05) is 7.05 Å². The summed E-state index contributed by atoms with van der Waals surface area (Å²) in [7, 11) is 1.54. The lowest BCUT2D eigenvalue weighted by atomic mass is 10.0. The van der Waals surface area contributed by atoms with Gasteiger partial charge in [-0.3, -0.25) is 4.79 Å². The highest BCUT2D eigenvalue weighted by Crippen LogP contribution is 2.26. The molecule has 24 heavy (non-hydrogen) atoms. The second-order valence-electron chi connectivity index (χ2n) is 5.32. The van der Waals surface area contributed by atoms with Crippen LogP contribution >= 0.6 is 15.9 Å². The molecule has 0 fully saturated rings. The van der Waals surface area contributed by atoms with Gasteiger partial charge in [0.15, 0.2) is 0 Å². The fourth-order valence-electron chi connectivity index (χ4n) is 2.31. The minimum Gasteiger partial charge on any atom is -0.481 e. The fourth-order valence-corrected chi connectivity index (χ4v) is 2.72. The van der Waals surface area contributed by atoms with E-state index in [1.54, 1.807) is 25.2 Å². The van der Waals surface area contributed by atoms with Gasteiger partial charge in [-0.1, -0.05) is 58.4 Å². The van der Waals surface area contributed by atoms with Crippen LogP contribution in [-0.2, 0) is 16.1 Å². The molecule has 0 saturated heterocycles. The van der Waals surface area contributed by atoms with Crippen LogP contribution < -0.4 is 0 Å². The maximum Gasteiger partial charge on any atom is 0.410 e. The van der Waals surface area contributed by atoms with Crippen LogP contribution in [0, 0.1) is 0 Å². The molecule has 0 saturated carbocycles. The molecule has 0 aliphatic rings. The van der Waals surface area contributed by atoms with Crippen LogP contribution in [0.1, 0.15) is 23.6 Å². The summed E-state index contributed by atoms with van der Waals surface area (Å²) < 4.78 is 6.11. The largest absolute Gasteiger partial charge is 0.481 e. The van der Waals surface area contributed by atoms with Crippen LogP contribution in [0.3, 0.4) is 0 Å². The third-order valence-electron chi connectivity index (χ3n) is 3.56. The van der Waals surface area contributed by atoms with Gasteiger partial charge in [-0.05, 0) is 23.3 Å². The number of carboxylic acid groups (broad SMARTS) is 1. The standard InChI is InChI=1S/C18H18BrNO4/c1-20(18(23)24-12-13-6-3-2-4-7-13)16(11-17(21)22)14-8-5-9-15(19)10-14/h2-10,16H,11-12H2,1H3,(H,21,22). The molecule has 5 nitrogen and oxygen atoms in total. The van der Waals surface area contributed by atoms with E-state index in [0.717, 1.165) is 15.6 Å². The predicted octanol–water partition coefficient (Wildman–Crippen LogP) is 4.23. The number of carbonyl (C=O) groups is 2. The highest BCUT2D eigenvalue weighted by atomic mass is 79.9. The van der Waals surface area contributed by atoms with E-state index in [0.29, 0.717) is 0 Å². The zero-order valence-corrected chi connectivity index (χ0v) is 14.8. The van der Waals surface area contributed by atoms with Crippen molar-refractivity contribution in [2.24, 2.45) is 0 Å². The Kier molecular flexibility index (Phi) is 6.37. The molecule has 2 aromatic carbocycles. The summed E-state index contributed by atoms with van der Waals surface area (Å²) in [6, 6.07) is 16.0. The third kappa shape index (κ3) is 5.09. The van der Waals surface area contributed by atoms with E-state index in [2.05, 4.69) is 15.9 Å². The van der Waals surface area contributed by atoms with Gasteiger partial charge in [0.05, 0.1) is 12.5 Å². The first-order valence-electron chi connectivity index (χ1n) is 7.38. The maximum atomic E-state index is 12.3. The van der Waals surface area contributed by atoms with Gasteiger partial charge in [0.1, 0.15) is 6.61 Å². The van der Waals surface area contributed by atoms with Crippen LogP contribution in [0.15, 0.2) is 59.1 Å². The summed E-state index contributed by atoms with van der Waals surface area (Å²) >= 11 is 3.36. The number of ether oxygens (including phenoxy) is 1. The summed E-state index contributed by atoms with van der Waals surface area (Å²) in [6.07, 6.45) is -0.766. The van der Waals surface area contributed by atoms with E-state index in [1.165, 1.54) is 4.90 Å². The first-order chi connectivity index (χ1) is 11.5. The number of carbonyl (C=O) groups excluding carboxylic acids is 1. The van der Waals surface area contributed by atoms with Crippen LogP contribution in [-0.4, -0.2) is 29.1 Å². The topological polar surface area (TPSA) is 66.8 Å². The number of amides is 1. The molecule has 0 aliphatic carbocycles. The highest BCUT2D eigenvalue weighted by Gasteiger charge is 2.25. The fraction of sp³-hybridized carbons (Fsp3) is 0.222. The summed E-state index contributed by atoms with van der Waals surface area (Å²) in [4.78, 5) is 24.8. The SMILES string of the molecule is CN(C(=O)OCc1ccccc1)C(CC(=O)O)c1cccc(Br)c1. The zero-order valence-electron chi connectivity index (χ0n) is 13.2.